The summed E-state index contributed by atoms with van der Waals surface area (Å²) in [6.45, 7) is 9.43. The van der Waals surface area contributed by atoms with Crippen molar-refractivity contribution in [2.24, 2.45) is 0 Å². The van der Waals surface area contributed by atoms with Gasteiger partial charge in [0.15, 0.2) is 11.0 Å². The summed E-state index contributed by atoms with van der Waals surface area (Å²) in [6.07, 6.45) is 2.55. The molecule has 1 aromatic rings. The molecule has 1 unspecified atom stereocenters. The standard InChI is InChI=1S/C14H23ClN4/c1-5-19-8-6-7-12(19)9-18(4)14-13(15)16-10(2)11(3)17-14/h12H,5-9H2,1-4H3. The van der Waals surface area contributed by atoms with Gasteiger partial charge in [0.1, 0.15) is 0 Å². The van der Waals surface area contributed by atoms with Gasteiger partial charge in [-0.3, -0.25) is 4.90 Å². The number of likely N-dealkylation sites (tertiary alicyclic amines) is 1. The molecule has 1 aromatic heterocycles. The molecule has 0 saturated carbocycles. The number of aromatic nitrogens is 2. The first kappa shape index (κ1) is 14.5. The first-order chi connectivity index (χ1) is 9.02. The molecular formula is C14H23ClN4. The van der Waals surface area contributed by atoms with Gasteiger partial charge in [-0.15, -0.1) is 0 Å². The third kappa shape index (κ3) is 3.18. The largest absolute Gasteiger partial charge is 0.356 e. The zero-order chi connectivity index (χ0) is 14.0. The molecule has 1 aliphatic heterocycles. The SMILES string of the molecule is CCN1CCCC1CN(C)c1nc(C)c(C)nc1Cl. The van der Waals surface area contributed by atoms with Crippen molar-refractivity contribution in [3.8, 4) is 0 Å². The van der Waals surface area contributed by atoms with Crippen LogP contribution in [-0.4, -0.2) is 47.6 Å². The fraction of sp³-hybridized carbons (Fsp3) is 0.714. The molecule has 0 N–H and O–H groups in total. The highest BCUT2D eigenvalue weighted by atomic mass is 35.5. The zero-order valence-electron chi connectivity index (χ0n) is 12.3. The smallest absolute Gasteiger partial charge is 0.171 e. The number of aryl methyl sites for hydroxylation is 2. The van der Waals surface area contributed by atoms with E-state index in [2.05, 4.69) is 33.7 Å². The molecule has 1 saturated heterocycles. The van der Waals surface area contributed by atoms with Crippen molar-refractivity contribution >= 4 is 17.4 Å². The van der Waals surface area contributed by atoms with Gasteiger partial charge in [-0.25, -0.2) is 9.97 Å². The molecule has 2 rings (SSSR count). The summed E-state index contributed by atoms with van der Waals surface area (Å²) in [5.74, 6) is 0.799. The van der Waals surface area contributed by atoms with Gasteiger partial charge in [0.05, 0.1) is 11.4 Å². The van der Waals surface area contributed by atoms with E-state index in [9.17, 15) is 0 Å². The number of rotatable bonds is 4. The molecule has 0 aromatic carbocycles. The van der Waals surface area contributed by atoms with E-state index in [4.69, 9.17) is 11.6 Å². The maximum Gasteiger partial charge on any atom is 0.171 e. The number of halogens is 1. The Hall–Kier alpha value is -0.870. The van der Waals surface area contributed by atoms with Gasteiger partial charge < -0.3 is 4.90 Å². The average Bonchev–Trinajstić information content (AvgIpc) is 2.80. The molecule has 0 radical (unpaired) electrons. The van der Waals surface area contributed by atoms with Gasteiger partial charge in [0, 0.05) is 19.6 Å². The summed E-state index contributed by atoms with van der Waals surface area (Å²) in [6, 6.07) is 0.606. The Labute approximate surface area is 120 Å². The Bertz CT molecular complexity index is 449. The maximum absolute atomic E-state index is 6.22. The van der Waals surface area contributed by atoms with Crippen LogP contribution < -0.4 is 4.90 Å². The van der Waals surface area contributed by atoms with Gasteiger partial charge in [-0.1, -0.05) is 18.5 Å². The van der Waals surface area contributed by atoms with Crippen molar-refractivity contribution in [3.63, 3.8) is 0 Å². The van der Waals surface area contributed by atoms with Crippen molar-refractivity contribution in [1.82, 2.24) is 14.9 Å². The third-order valence-corrected chi connectivity index (χ3v) is 4.25. The molecule has 0 amide bonds. The van der Waals surface area contributed by atoms with E-state index in [1.165, 1.54) is 19.4 Å². The number of nitrogens with zero attached hydrogens (tertiary/aromatic N) is 4. The molecule has 106 valence electrons. The number of hydrogen-bond donors (Lipinski definition) is 0. The molecule has 19 heavy (non-hydrogen) atoms. The monoisotopic (exact) mass is 282 g/mol. The van der Waals surface area contributed by atoms with Crippen LogP contribution in [0.5, 0.6) is 0 Å². The van der Waals surface area contributed by atoms with Gasteiger partial charge in [-0.05, 0) is 39.8 Å². The third-order valence-electron chi connectivity index (χ3n) is 4.00. The highest BCUT2D eigenvalue weighted by Gasteiger charge is 2.25. The van der Waals surface area contributed by atoms with E-state index in [1.54, 1.807) is 0 Å². The minimum absolute atomic E-state index is 0.506. The topological polar surface area (TPSA) is 32.3 Å². The summed E-state index contributed by atoms with van der Waals surface area (Å²) >= 11 is 6.22. The lowest BCUT2D eigenvalue weighted by atomic mass is 10.2. The van der Waals surface area contributed by atoms with Crippen LogP contribution in [0.2, 0.25) is 5.15 Å². The van der Waals surface area contributed by atoms with E-state index in [0.717, 1.165) is 30.3 Å². The molecule has 1 aliphatic rings. The van der Waals surface area contributed by atoms with Crippen molar-refractivity contribution in [2.45, 2.75) is 39.7 Å². The molecule has 0 bridgehead atoms. The quantitative estimate of drug-likeness (QED) is 0.850. The van der Waals surface area contributed by atoms with E-state index >= 15 is 0 Å². The molecule has 1 atom stereocenters. The zero-order valence-corrected chi connectivity index (χ0v) is 13.0. The van der Waals surface area contributed by atoms with Crippen molar-refractivity contribution in [1.29, 1.82) is 0 Å². The minimum Gasteiger partial charge on any atom is -0.356 e. The Morgan fingerprint density at radius 1 is 1.32 bits per heavy atom. The molecule has 5 heteroatoms. The van der Waals surface area contributed by atoms with Crippen LogP contribution in [0.25, 0.3) is 0 Å². The van der Waals surface area contributed by atoms with Crippen LogP contribution in [0, 0.1) is 13.8 Å². The van der Waals surface area contributed by atoms with Crippen LogP contribution in [0.15, 0.2) is 0 Å². The molecular weight excluding hydrogens is 260 g/mol. The lowest BCUT2D eigenvalue weighted by Gasteiger charge is -2.28. The lowest BCUT2D eigenvalue weighted by Crippen LogP contribution is -2.39. The first-order valence-electron chi connectivity index (χ1n) is 6.98. The Kier molecular flexibility index (Phi) is 4.63. The summed E-state index contributed by atoms with van der Waals surface area (Å²) in [7, 11) is 2.05. The lowest BCUT2D eigenvalue weighted by molar-refractivity contribution is 0.270. The fourth-order valence-electron chi connectivity index (χ4n) is 2.73. The van der Waals surface area contributed by atoms with Gasteiger partial charge in [0.25, 0.3) is 0 Å². The summed E-state index contributed by atoms with van der Waals surface area (Å²) in [5.41, 5.74) is 1.85. The number of hydrogen-bond acceptors (Lipinski definition) is 4. The van der Waals surface area contributed by atoms with Crippen LogP contribution in [-0.2, 0) is 0 Å². The molecule has 0 aliphatic carbocycles. The summed E-state index contributed by atoms with van der Waals surface area (Å²) in [4.78, 5) is 13.6. The molecule has 4 nitrogen and oxygen atoms in total. The van der Waals surface area contributed by atoms with Gasteiger partial charge in [-0.2, -0.15) is 0 Å². The average molecular weight is 283 g/mol. The first-order valence-corrected chi connectivity index (χ1v) is 7.36. The van der Waals surface area contributed by atoms with Crippen LogP contribution >= 0.6 is 11.6 Å². The second kappa shape index (κ2) is 6.06. The molecule has 0 spiro atoms. The summed E-state index contributed by atoms with van der Waals surface area (Å²) in [5, 5.41) is 0.506. The number of anilines is 1. The van der Waals surface area contributed by atoms with Gasteiger partial charge in [0.2, 0.25) is 0 Å². The molecule has 2 heterocycles. The highest BCUT2D eigenvalue weighted by molar-refractivity contribution is 6.31. The maximum atomic E-state index is 6.22. The highest BCUT2D eigenvalue weighted by Crippen LogP contribution is 2.24. The van der Waals surface area contributed by atoms with Crippen molar-refractivity contribution in [3.05, 3.63) is 16.5 Å². The van der Waals surface area contributed by atoms with Crippen molar-refractivity contribution < 1.29 is 0 Å². The Balaban J connectivity index is 2.11. The van der Waals surface area contributed by atoms with E-state index in [0.29, 0.717) is 11.2 Å². The second-order valence-corrected chi connectivity index (χ2v) is 5.67. The minimum atomic E-state index is 0.506. The van der Waals surface area contributed by atoms with Crippen LogP contribution in [0.4, 0.5) is 5.82 Å². The van der Waals surface area contributed by atoms with Crippen LogP contribution in [0.3, 0.4) is 0 Å². The summed E-state index contributed by atoms with van der Waals surface area (Å²) < 4.78 is 0. The second-order valence-electron chi connectivity index (χ2n) is 5.31. The fourth-order valence-corrected chi connectivity index (χ4v) is 3.04. The Morgan fingerprint density at radius 2 is 2.00 bits per heavy atom. The predicted octanol–water partition coefficient (Wildman–Crippen LogP) is 2.67. The Morgan fingerprint density at radius 3 is 2.68 bits per heavy atom. The van der Waals surface area contributed by atoms with Gasteiger partial charge >= 0.3 is 0 Å². The normalized spacial score (nSPS) is 19.9. The van der Waals surface area contributed by atoms with E-state index in [1.807, 2.05) is 13.8 Å². The van der Waals surface area contributed by atoms with E-state index < -0.39 is 0 Å². The number of likely N-dealkylation sites (N-methyl/N-ethyl adjacent to an activating group) is 2. The van der Waals surface area contributed by atoms with E-state index in [-0.39, 0.29) is 0 Å². The van der Waals surface area contributed by atoms with Crippen molar-refractivity contribution in [2.75, 3.05) is 31.6 Å². The van der Waals surface area contributed by atoms with Crippen LogP contribution in [0.1, 0.15) is 31.2 Å². The molecule has 1 fully saturated rings. The predicted molar refractivity (Wildman–Crippen MR) is 80.1 cm³/mol.